The van der Waals surface area contributed by atoms with Crippen molar-refractivity contribution in [3.8, 4) is 0 Å². The van der Waals surface area contributed by atoms with Crippen LogP contribution in [0.5, 0.6) is 0 Å². The number of sulfonamides is 1. The fourth-order valence-corrected chi connectivity index (χ4v) is 3.53. The number of rotatable bonds is 6. The smallest absolute Gasteiger partial charge is 0.321 e. The quantitative estimate of drug-likeness (QED) is 0.750. The number of hydrogen-bond acceptors (Lipinski definition) is 4. The second-order valence-electron chi connectivity index (χ2n) is 5.23. The second kappa shape index (κ2) is 7.55. The Morgan fingerprint density at radius 1 is 1.12 bits per heavy atom. The highest BCUT2D eigenvalue weighted by molar-refractivity contribution is 7.89. The van der Waals surface area contributed by atoms with Gasteiger partial charge in [-0.2, -0.15) is 4.31 Å². The first-order valence-corrected chi connectivity index (χ1v) is 8.65. The molecule has 0 heterocycles. The van der Waals surface area contributed by atoms with E-state index in [1.807, 2.05) is 19.1 Å². The number of hydrogen-bond donors (Lipinski definition) is 0. The maximum Gasteiger partial charge on any atom is 0.321 e. The summed E-state index contributed by atoms with van der Waals surface area (Å²) in [5.74, 6) is -1.21. The Bertz CT molecular complexity index is 819. The second-order valence-corrected chi connectivity index (χ2v) is 7.17. The van der Waals surface area contributed by atoms with Crippen LogP contribution in [0.25, 0.3) is 0 Å². The molecule has 0 atom stereocenters. The van der Waals surface area contributed by atoms with Crippen molar-refractivity contribution in [1.82, 2.24) is 4.31 Å². The first kappa shape index (κ1) is 18.1. The van der Waals surface area contributed by atoms with E-state index in [9.17, 15) is 17.6 Å². The van der Waals surface area contributed by atoms with E-state index in [-0.39, 0.29) is 11.4 Å². The average molecular weight is 351 g/mol. The molecule has 0 radical (unpaired) electrons. The van der Waals surface area contributed by atoms with Crippen molar-refractivity contribution >= 4 is 16.0 Å². The largest absolute Gasteiger partial charge is 0.468 e. The van der Waals surface area contributed by atoms with E-state index >= 15 is 0 Å². The molecule has 128 valence electrons. The van der Waals surface area contributed by atoms with Gasteiger partial charge in [-0.3, -0.25) is 4.79 Å². The van der Waals surface area contributed by atoms with Gasteiger partial charge in [0.05, 0.1) is 12.0 Å². The number of esters is 1. The Labute approximate surface area is 140 Å². The Balaban J connectivity index is 2.39. The van der Waals surface area contributed by atoms with Gasteiger partial charge in [0, 0.05) is 6.54 Å². The minimum absolute atomic E-state index is 0.0154. The summed E-state index contributed by atoms with van der Waals surface area (Å²) in [6.07, 6.45) is 0. The molecule has 0 aliphatic rings. The topological polar surface area (TPSA) is 63.7 Å². The highest BCUT2D eigenvalue weighted by Gasteiger charge is 2.27. The van der Waals surface area contributed by atoms with Gasteiger partial charge in [0.2, 0.25) is 10.0 Å². The van der Waals surface area contributed by atoms with Crippen LogP contribution in [0.1, 0.15) is 11.1 Å². The molecule has 5 nitrogen and oxygen atoms in total. The number of halogens is 1. The fourth-order valence-electron chi connectivity index (χ4n) is 2.17. The summed E-state index contributed by atoms with van der Waals surface area (Å²) in [4.78, 5) is 11.6. The van der Waals surface area contributed by atoms with Gasteiger partial charge in [0.1, 0.15) is 12.4 Å². The van der Waals surface area contributed by atoms with Crippen LogP contribution in [-0.2, 0) is 26.1 Å². The number of benzene rings is 2. The van der Waals surface area contributed by atoms with Crippen LogP contribution >= 0.6 is 0 Å². The Morgan fingerprint density at radius 2 is 1.75 bits per heavy atom. The van der Waals surface area contributed by atoms with Gasteiger partial charge >= 0.3 is 5.97 Å². The zero-order valence-electron chi connectivity index (χ0n) is 13.4. The van der Waals surface area contributed by atoms with E-state index in [2.05, 4.69) is 4.74 Å². The van der Waals surface area contributed by atoms with E-state index < -0.39 is 28.4 Å². The molecule has 0 fully saturated rings. The molecule has 0 aliphatic carbocycles. The zero-order valence-corrected chi connectivity index (χ0v) is 14.2. The molecular formula is C17H18FNO4S. The minimum atomic E-state index is -3.97. The fraction of sp³-hybridized carbons (Fsp3) is 0.235. The van der Waals surface area contributed by atoms with Crippen molar-refractivity contribution < 1.29 is 22.3 Å². The van der Waals surface area contributed by atoms with Crippen LogP contribution in [0.4, 0.5) is 4.39 Å². The first-order chi connectivity index (χ1) is 11.3. The maximum atomic E-state index is 13.1. The van der Waals surface area contributed by atoms with Gasteiger partial charge in [-0.15, -0.1) is 0 Å². The van der Waals surface area contributed by atoms with Crippen LogP contribution < -0.4 is 0 Å². The third kappa shape index (κ3) is 4.18. The van der Waals surface area contributed by atoms with Crippen LogP contribution in [0.2, 0.25) is 0 Å². The van der Waals surface area contributed by atoms with Crippen LogP contribution in [0, 0.1) is 12.7 Å². The highest BCUT2D eigenvalue weighted by Crippen LogP contribution is 2.20. The molecule has 0 aliphatic heterocycles. The molecule has 0 N–H and O–H groups in total. The normalized spacial score (nSPS) is 11.5. The van der Waals surface area contributed by atoms with E-state index in [4.69, 9.17) is 0 Å². The molecule has 2 aromatic rings. The number of nitrogens with zero attached hydrogens (tertiary/aromatic N) is 1. The van der Waals surface area contributed by atoms with Crippen molar-refractivity contribution in [2.45, 2.75) is 18.4 Å². The van der Waals surface area contributed by atoms with Gasteiger partial charge in [-0.05, 0) is 42.3 Å². The Kier molecular flexibility index (Phi) is 5.69. The lowest BCUT2D eigenvalue weighted by Gasteiger charge is -2.22. The summed E-state index contributed by atoms with van der Waals surface area (Å²) in [7, 11) is -2.78. The van der Waals surface area contributed by atoms with Gasteiger partial charge in [-0.25, -0.2) is 12.8 Å². The number of carbonyl (C=O) groups is 1. The molecule has 24 heavy (non-hydrogen) atoms. The summed E-state index contributed by atoms with van der Waals surface area (Å²) in [6, 6.07) is 11.8. The van der Waals surface area contributed by atoms with Gasteiger partial charge in [0.15, 0.2) is 0 Å². The highest BCUT2D eigenvalue weighted by atomic mass is 32.2. The Hall–Kier alpha value is -2.25. The van der Waals surface area contributed by atoms with E-state index in [1.165, 1.54) is 19.2 Å². The predicted molar refractivity (Wildman–Crippen MR) is 87.2 cm³/mol. The van der Waals surface area contributed by atoms with Crippen LogP contribution in [-0.4, -0.2) is 32.3 Å². The summed E-state index contributed by atoms with van der Waals surface area (Å²) >= 11 is 0. The first-order valence-electron chi connectivity index (χ1n) is 7.21. The molecule has 2 rings (SSSR count). The number of aryl methyl sites for hydroxylation is 1. The number of methoxy groups -OCH3 is 1. The SMILES string of the molecule is COC(=O)CN(Cc1ccccc1C)S(=O)(=O)c1ccc(F)cc1. The zero-order chi connectivity index (χ0) is 17.7. The standard InChI is InChI=1S/C17H18FNO4S/c1-13-5-3-4-6-14(13)11-19(12-17(20)23-2)24(21,22)16-9-7-15(18)8-10-16/h3-10H,11-12H2,1-2H3. The molecular weight excluding hydrogens is 333 g/mol. The predicted octanol–water partition coefficient (Wildman–Crippen LogP) is 2.50. The molecule has 7 heteroatoms. The summed E-state index contributed by atoms with van der Waals surface area (Å²) < 4.78 is 44.3. The van der Waals surface area contributed by atoms with Crippen molar-refractivity contribution in [3.63, 3.8) is 0 Å². The third-order valence-corrected chi connectivity index (χ3v) is 5.40. The number of carbonyl (C=O) groups excluding carboxylic acids is 1. The van der Waals surface area contributed by atoms with E-state index in [0.29, 0.717) is 0 Å². The lowest BCUT2D eigenvalue weighted by Crippen LogP contribution is -2.36. The molecule has 0 saturated heterocycles. The lowest BCUT2D eigenvalue weighted by molar-refractivity contribution is -0.140. The van der Waals surface area contributed by atoms with Gasteiger partial charge in [0.25, 0.3) is 0 Å². The molecule has 0 bridgehead atoms. The maximum absolute atomic E-state index is 13.1. The lowest BCUT2D eigenvalue weighted by atomic mass is 10.1. The molecule has 2 aromatic carbocycles. The van der Waals surface area contributed by atoms with E-state index in [1.54, 1.807) is 12.1 Å². The average Bonchev–Trinajstić information content (AvgIpc) is 2.56. The van der Waals surface area contributed by atoms with Gasteiger partial charge in [-0.1, -0.05) is 24.3 Å². The van der Waals surface area contributed by atoms with Crippen molar-refractivity contribution in [2.75, 3.05) is 13.7 Å². The molecule has 0 unspecified atom stereocenters. The Morgan fingerprint density at radius 3 is 2.33 bits per heavy atom. The molecule has 0 aromatic heterocycles. The van der Waals surface area contributed by atoms with Crippen molar-refractivity contribution in [3.05, 3.63) is 65.5 Å². The van der Waals surface area contributed by atoms with E-state index in [0.717, 1.165) is 27.6 Å². The van der Waals surface area contributed by atoms with Crippen LogP contribution in [0.15, 0.2) is 53.4 Å². The number of ether oxygens (including phenoxy) is 1. The summed E-state index contributed by atoms with van der Waals surface area (Å²) in [5, 5.41) is 0. The molecule has 0 spiro atoms. The van der Waals surface area contributed by atoms with Crippen LogP contribution in [0.3, 0.4) is 0 Å². The van der Waals surface area contributed by atoms with Crippen molar-refractivity contribution in [2.24, 2.45) is 0 Å². The monoisotopic (exact) mass is 351 g/mol. The van der Waals surface area contributed by atoms with Crippen molar-refractivity contribution in [1.29, 1.82) is 0 Å². The third-order valence-electron chi connectivity index (χ3n) is 3.59. The molecule has 0 saturated carbocycles. The molecule has 0 amide bonds. The summed E-state index contributed by atoms with van der Waals surface area (Å²) in [6.45, 7) is 1.45. The minimum Gasteiger partial charge on any atom is -0.468 e. The van der Waals surface area contributed by atoms with Gasteiger partial charge < -0.3 is 4.74 Å². The summed E-state index contributed by atoms with van der Waals surface area (Å²) in [5.41, 5.74) is 1.67.